The van der Waals surface area contributed by atoms with Gasteiger partial charge in [-0.05, 0) is 6.07 Å². The van der Waals surface area contributed by atoms with E-state index >= 15 is 0 Å². The summed E-state index contributed by atoms with van der Waals surface area (Å²) in [6, 6.07) is 1.71. The molecule has 0 spiro atoms. The molecular formula is C10H6F2O3. The highest BCUT2D eigenvalue weighted by Gasteiger charge is 2.17. The Morgan fingerprint density at radius 3 is 2.80 bits per heavy atom. The third kappa shape index (κ3) is 1.45. The smallest absolute Gasteiger partial charge is 0.341 e. The number of rotatable bonds is 1. The topological polar surface area (TPSA) is 39.4 Å². The molecule has 0 bridgehead atoms. The standard InChI is InChI=1S/C10H6F2O3/c1-14-10(13)7-4-15-9-6(7)2-5(11)3-8(9)12/h2-4H,1H3. The van der Waals surface area contributed by atoms with Gasteiger partial charge in [0, 0.05) is 11.5 Å². The molecule has 15 heavy (non-hydrogen) atoms. The van der Waals surface area contributed by atoms with Gasteiger partial charge < -0.3 is 9.15 Å². The molecule has 0 N–H and O–H groups in total. The first-order valence-corrected chi connectivity index (χ1v) is 4.08. The van der Waals surface area contributed by atoms with Crippen molar-refractivity contribution >= 4 is 16.9 Å². The highest BCUT2D eigenvalue weighted by Crippen LogP contribution is 2.25. The zero-order valence-corrected chi connectivity index (χ0v) is 7.71. The summed E-state index contributed by atoms with van der Waals surface area (Å²) in [5, 5.41) is 0.0688. The zero-order valence-electron chi connectivity index (χ0n) is 7.71. The van der Waals surface area contributed by atoms with Gasteiger partial charge in [-0.3, -0.25) is 0 Å². The van der Waals surface area contributed by atoms with Crippen LogP contribution in [0.25, 0.3) is 11.0 Å². The molecule has 0 amide bonds. The van der Waals surface area contributed by atoms with Gasteiger partial charge in [-0.2, -0.15) is 0 Å². The third-order valence-corrected chi connectivity index (χ3v) is 2.00. The molecule has 78 valence electrons. The van der Waals surface area contributed by atoms with E-state index in [9.17, 15) is 13.6 Å². The molecule has 2 aromatic rings. The Bertz CT molecular complexity index is 531. The van der Waals surface area contributed by atoms with Gasteiger partial charge in [-0.15, -0.1) is 0 Å². The molecule has 0 fully saturated rings. The molecule has 0 radical (unpaired) electrons. The number of carbonyl (C=O) groups excluding carboxylic acids is 1. The lowest BCUT2D eigenvalue weighted by molar-refractivity contribution is 0.0602. The number of benzene rings is 1. The van der Waals surface area contributed by atoms with Crippen molar-refractivity contribution in [1.82, 2.24) is 0 Å². The first-order valence-electron chi connectivity index (χ1n) is 4.08. The van der Waals surface area contributed by atoms with Crippen LogP contribution in [0.15, 0.2) is 22.8 Å². The number of halogens is 2. The van der Waals surface area contributed by atoms with Crippen molar-refractivity contribution in [2.75, 3.05) is 7.11 Å². The average molecular weight is 212 g/mol. The lowest BCUT2D eigenvalue weighted by atomic mass is 10.1. The summed E-state index contributed by atoms with van der Waals surface area (Å²) >= 11 is 0. The predicted molar refractivity (Wildman–Crippen MR) is 47.5 cm³/mol. The molecule has 0 unspecified atom stereocenters. The van der Waals surface area contributed by atoms with Crippen molar-refractivity contribution < 1.29 is 22.7 Å². The monoisotopic (exact) mass is 212 g/mol. The number of fused-ring (bicyclic) bond motifs is 1. The largest absolute Gasteiger partial charge is 0.465 e. The Morgan fingerprint density at radius 1 is 1.40 bits per heavy atom. The summed E-state index contributed by atoms with van der Waals surface area (Å²) < 4.78 is 35.3. The van der Waals surface area contributed by atoms with E-state index in [0.29, 0.717) is 6.07 Å². The Morgan fingerprint density at radius 2 is 2.13 bits per heavy atom. The van der Waals surface area contributed by atoms with Crippen LogP contribution in [0.2, 0.25) is 0 Å². The van der Waals surface area contributed by atoms with Gasteiger partial charge in [0.05, 0.1) is 7.11 Å². The molecule has 5 heteroatoms. The second-order valence-corrected chi connectivity index (χ2v) is 2.91. The van der Waals surface area contributed by atoms with E-state index in [0.717, 1.165) is 12.3 Å². The molecule has 0 saturated heterocycles. The zero-order chi connectivity index (χ0) is 11.0. The second kappa shape index (κ2) is 3.34. The fourth-order valence-corrected chi connectivity index (χ4v) is 1.33. The van der Waals surface area contributed by atoms with Crippen molar-refractivity contribution in [2.24, 2.45) is 0 Å². The fraction of sp³-hybridized carbons (Fsp3) is 0.100. The van der Waals surface area contributed by atoms with Crippen LogP contribution in [-0.2, 0) is 4.74 Å². The number of esters is 1. The average Bonchev–Trinajstić information content (AvgIpc) is 2.60. The quantitative estimate of drug-likeness (QED) is 0.681. The van der Waals surface area contributed by atoms with Crippen molar-refractivity contribution in [3.8, 4) is 0 Å². The summed E-state index contributed by atoms with van der Waals surface area (Å²) in [7, 11) is 1.18. The maximum absolute atomic E-state index is 13.1. The van der Waals surface area contributed by atoms with Crippen LogP contribution in [0.5, 0.6) is 0 Å². The first kappa shape index (κ1) is 9.64. The van der Waals surface area contributed by atoms with Gasteiger partial charge in [0.2, 0.25) is 0 Å². The van der Waals surface area contributed by atoms with Gasteiger partial charge in [-0.25, -0.2) is 13.6 Å². The molecule has 2 rings (SSSR count). The van der Waals surface area contributed by atoms with Crippen molar-refractivity contribution in [3.63, 3.8) is 0 Å². The minimum absolute atomic E-state index is 0.00546. The van der Waals surface area contributed by atoms with Crippen LogP contribution in [0.4, 0.5) is 8.78 Å². The molecule has 1 heterocycles. The van der Waals surface area contributed by atoms with E-state index in [1.54, 1.807) is 0 Å². The Balaban J connectivity index is 2.74. The highest BCUT2D eigenvalue weighted by molar-refractivity contribution is 6.03. The third-order valence-electron chi connectivity index (χ3n) is 2.00. The Hall–Kier alpha value is -1.91. The maximum Gasteiger partial charge on any atom is 0.341 e. The number of ether oxygens (including phenoxy) is 1. The summed E-state index contributed by atoms with van der Waals surface area (Å²) in [5.41, 5.74) is -0.150. The highest BCUT2D eigenvalue weighted by atomic mass is 19.1. The molecule has 0 aliphatic heterocycles. The van der Waals surface area contributed by atoms with E-state index in [1.165, 1.54) is 7.11 Å². The van der Waals surface area contributed by atoms with E-state index < -0.39 is 17.6 Å². The van der Waals surface area contributed by atoms with E-state index in [1.807, 2.05) is 0 Å². The number of methoxy groups -OCH3 is 1. The Labute approximate surface area is 83.2 Å². The molecule has 1 aromatic heterocycles. The SMILES string of the molecule is COC(=O)c1coc2c(F)cc(F)cc12. The van der Waals surface area contributed by atoms with E-state index in [-0.39, 0.29) is 16.5 Å². The van der Waals surface area contributed by atoms with Gasteiger partial charge in [-0.1, -0.05) is 0 Å². The second-order valence-electron chi connectivity index (χ2n) is 2.91. The number of hydrogen-bond donors (Lipinski definition) is 0. The number of furan rings is 1. The predicted octanol–water partition coefficient (Wildman–Crippen LogP) is 2.50. The Kier molecular flexibility index (Phi) is 2.15. The molecule has 3 nitrogen and oxygen atoms in total. The summed E-state index contributed by atoms with van der Waals surface area (Å²) in [6.07, 6.45) is 1.04. The minimum Gasteiger partial charge on any atom is -0.465 e. The number of hydrogen-bond acceptors (Lipinski definition) is 3. The van der Waals surface area contributed by atoms with Crippen LogP contribution in [-0.4, -0.2) is 13.1 Å². The molecule has 0 aliphatic rings. The van der Waals surface area contributed by atoms with Gasteiger partial charge in [0.25, 0.3) is 0 Å². The molecule has 1 aromatic carbocycles. The van der Waals surface area contributed by atoms with Crippen LogP contribution in [0.3, 0.4) is 0 Å². The molecular weight excluding hydrogens is 206 g/mol. The van der Waals surface area contributed by atoms with Gasteiger partial charge in [0.1, 0.15) is 17.6 Å². The van der Waals surface area contributed by atoms with Crippen LogP contribution in [0, 0.1) is 11.6 Å². The van der Waals surface area contributed by atoms with E-state index in [4.69, 9.17) is 4.42 Å². The van der Waals surface area contributed by atoms with Crippen LogP contribution in [0.1, 0.15) is 10.4 Å². The summed E-state index contributed by atoms with van der Waals surface area (Å²) in [4.78, 5) is 11.2. The lowest BCUT2D eigenvalue weighted by Crippen LogP contribution is -1.99. The fourth-order valence-electron chi connectivity index (χ4n) is 1.33. The van der Waals surface area contributed by atoms with Crippen LogP contribution >= 0.6 is 0 Å². The van der Waals surface area contributed by atoms with Crippen molar-refractivity contribution in [2.45, 2.75) is 0 Å². The first-order chi connectivity index (χ1) is 7.13. The maximum atomic E-state index is 13.1. The van der Waals surface area contributed by atoms with E-state index in [2.05, 4.69) is 4.74 Å². The van der Waals surface area contributed by atoms with Gasteiger partial charge >= 0.3 is 5.97 Å². The van der Waals surface area contributed by atoms with Crippen LogP contribution < -0.4 is 0 Å². The normalized spacial score (nSPS) is 10.6. The lowest BCUT2D eigenvalue weighted by Gasteiger charge is -1.96. The van der Waals surface area contributed by atoms with Gasteiger partial charge in [0.15, 0.2) is 11.4 Å². The number of carbonyl (C=O) groups is 1. The summed E-state index contributed by atoms with van der Waals surface area (Å²) in [6.45, 7) is 0. The van der Waals surface area contributed by atoms with Crippen molar-refractivity contribution in [1.29, 1.82) is 0 Å². The molecule has 0 aliphatic carbocycles. The molecule has 0 atom stereocenters. The molecule has 0 saturated carbocycles. The summed E-state index contributed by atoms with van der Waals surface area (Å²) in [5.74, 6) is -2.31. The van der Waals surface area contributed by atoms with Crippen molar-refractivity contribution in [3.05, 3.63) is 35.6 Å². The minimum atomic E-state index is -0.847.